The normalized spacial score (nSPS) is 18.0. The summed E-state index contributed by atoms with van der Waals surface area (Å²) in [6, 6.07) is 6.18. The van der Waals surface area contributed by atoms with Crippen molar-refractivity contribution in [3.05, 3.63) is 42.4 Å². The van der Waals surface area contributed by atoms with Crippen LogP contribution in [0.25, 0.3) is 16.6 Å². The minimum Gasteiger partial charge on any atom is -0.481 e. The van der Waals surface area contributed by atoms with Crippen molar-refractivity contribution >= 4 is 23.0 Å². The number of fused-ring (bicyclic) bond motifs is 1. The number of carbonyl (C=O) groups is 2. The van der Waals surface area contributed by atoms with Gasteiger partial charge in [0.05, 0.1) is 30.1 Å². The van der Waals surface area contributed by atoms with Crippen LogP contribution in [0.3, 0.4) is 0 Å². The molecule has 9 heteroatoms. The van der Waals surface area contributed by atoms with E-state index in [1.54, 1.807) is 24.0 Å². The second-order valence-electron chi connectivity index (χ2n) is 9.07. The molecule has 3 heterocycles. The quantitative estimate of drug-likeness (QED) is 0.494. The van der Waals surface area contributed by atoms with Crippen molar-refractivity contribution in [2.45, 2.75) is 64.6 Å². The van der Waals surface area contributed by atoms with E-state index in [-0.39, 0.29) is 29.9 Å². The van der Waals surface area contributed by atoms with E-state index in [9.17, 15) is 9.59 Å². The number of aromatic nitrogens is 3. The molecule has 3 aromatic heterocycles. The molecule has 3 N–H and O–H groups in total. The van der Waals surface area contributed by atoms with E-state index in [4.69, 9.17) is 4.74 Å². The summed E-state index contributed by atoms with van der Waals surface area (Å²) in [6.45, 7) is 5.61. The van der Waals surface area contributed by atoms with Crippen LogP contribution in [0.5, 0.6) is 5.88 Å². The lowest BCUT2D eigenvalue weighted by Crippen LogP contribution is -2.43. The molecular weight excluding hydrogens is 432 g/mol. The molecule has 0 atom stereocenters. The third kappa shape index (κ3) is 5.13. The number of hydrogen-bond acceptors (Lipinski definition) is 6. The van der Waals surface area contributed by atoms with Crippen LogP contribution in [0.1, 0.15) is 56.8 Å². The maximum atomic E-state index is 13.3. The number of carbonyl (C=O) groups excluding carboxylic acids is 2. The molecule has 34 heavy (non-hydrogen) atoms. The van der Waals surface area contributed by atoms with Crippen LogP contribution in [0.2, 0.25) is 0 Å². The summed E-state index contributed by atoms with van der Waals surface area (Å²) in [5, 5.41) is 14.1. The Kier molecular flexibility index (Phi) is 7.00. The minimum atomic E-state index is -0.150. The summed E-state index contributed by atoms with van der Waals surface area (Å²) < 4.78 is 7.19. The van der Waals surface area contributed by atoms with Gasteiger partial charge >= 0.3 is 0 Å². The Bertz CT molecular complexity index is 1180. The summed E-state index contributed by atoms with van der Waals surface area (Å²) in [5.41, 5.74) is 3.80. The third-order valence-electron chi connectivity index (χ3n) is 6.06. The third-order valence-corrected chi connectivity index (χ3v) is 6.06. The van der Waals surface area contributed by atoms with E-state index >= 15 is 0 Å². The molecule has 0 radical (unpaired) electrons. The first-order chi connectivity index (χ1) is 16.4. The van der Waals surface area contributed by atoms with Crippen molar-refractivity contribution in [1.82, 2.24) is 25.2 Å². The highest BCUT2D eigenvalue weighted by atomic mass is 16.5. The molecular formula is C25H32N6O3. The summed E-state index contributed by atoms with van der Waals surface area (Å²) in [5.74, 6) is 0.374. The summed E-state index contributed by atoms with van der Waals surface area (Å²) in [7, 11) is 1.59. The number of nitrogens with zero attached hydrogens (tertiary/aromatic N) is 3. The predicted molar refractivity (Wildman–Crippen MR) is 131 cm³/mol. The van der Waals surface area contributed by atoms with Gasteiger partial charge < -0.3 is 20.7 Å². The molecule has 2 amide bonds. The Morgan fingerprint density at radius 1 is 1.15 bits per heavy atom. The highest BCUT2D eigenvalue weighted by Gasteiger charge is 2.25. The highest BCUT2D eigenvalue weighted by Crippen LogP contribution is 2.33. The lowest BCUT2D eigenvalue weighted by molar-refractivity contribution is -0.119. The standard InChI is InChI=1S/C25H32N6O3/c1-15(2)28-23-21(24(33)30-19-9-7-18(8-10-19)29-16(3)32)13-27-31-14-17(12-22(23)31)20-6-5-11-26-25(20)34-4/h5-6,11-15,18-19,28H,7-10H2,1-4H3,(H,29,32)(H,30,33)/t18-,19-. The lowest BCUT2D eigenvalue weighted by atomic mass is 9.91. The summed E-state index contributed by atoms with van der Waals surface area (Å²) >= 11 is 0. The second kappa shape index (κ2) is 10.1. The first kappa shape index (κ1) is 23.5. The summed E-state index contributed by atoms with van der Waals surface area (Å²) in [6.07, 6.45) is 8.58. The Balaban J connectivity index is 1.61. The van der Waals surface area contributed by atoms with Gasteiger partial charge in [-0.25, -0.2) is 9.50 Å². The Hall–Kier alpha value is -3.62. The number of hydrogen-bond donors (Lipinski definition) is 3. The molecule has 0 aliphatic heterocycles. The maximum absolute atomic E-state index is 13.3. The van der Waals surface area contributed by atoms with E-state index in [0.29, 0.717) is 11.4 Å². The molecule has 0 bridgehead atoms. The fourth-order valence-corrected chi connectivity index (χ4v) is 4.52. The van der Waals surface area contributed by atoms with Gasteiger partial charge in [-0.15, -0.1) is 0 Å². The van der Waals surface area contributed by atoms with Crippen molar-refractivity contribution < 1.29 is 14.3 Å². The van der Waals surface area contributed by atoms with Gasteiger partial charge in [0, 0.05) is 48.6 Å². The number of amides is 2. The molecule has 0 saturated heterocycles. The number of pyridine rings is 1. The number of ether oxygens (including phenoxy) is 1. The number of nitrogens with one attached hydrogen (secondary N) is 3. The van der Waals surface area contributed by atoms with Crippen LogP contribution in [0.4, 0.5) is 5.69 Å². The summed E-state index contributed by atoms with van der Waals surface area (Å²) in [4.78, 5) is 28.9. The van der Waals surface area contributed by atoms with E-state index in [1.165, 1.54) is 6.92 Å². The van der Waals surface area contributed by atoms with Gasteiger partial charge in [-0.3, -0.25) is 9.59 Å². The van der Waals surface area contributed by atoms with Gasteiger partial charge in [-0.2, -0.15) is 5.10 Å². The fraction of sp³-hybridized carbons (Fsp3) is 0.440. The topological polar surface area (TPSA) is 110 Å². The number of rotatable bonds is 7. The highest BCUT2D eigenvalue weighted by molar-refractivity contribution is 6.03. The molecule has 1 aliphatic rings. The van der Waals surface area contributed by atoms with Crippen molar-refractivity contribution in [3.63, 3.8) is 0 Å². The monoisotopic (exact) mass is 464 g/mol. The zero-order valence-corrected chi connectivity index (χ0v) is 20.1. The van der Waals surface area contributed by atoms with Gasteiger partial charge in [-0.05, 0) is 57.7 Å². The van der Waals surface area contributed by atoms with Gasteiger partial charge in [0.25, 0.3) is 5.91 Å². The zero-order chi connectivity index (χ0) is 24.2. The van der Waals surface area contributed by atoms with Gasteiger partial charge in [0.2, 0.25) is 11.8 Å². The smallest absolute Gasteiger partial charge is 0.255 e. The van der Waals surface area contributed by atoms with Crippen molar-refractivity contribution in [3.8, 4) is 17.0 Å². The number of anilines is 1. The zero-order valence-electron chi connectivity index (χ0n) is 20.1. The average molecular weight is 465 g/mol. The van der Waals surface area contributed by atoms with Crippen LogP contribution >= 0.6 is 0 Å². The molecule has 1 fully saturated rings. The van der Waals surface area contributed by atoms with Crippen LogP contribution in [-0.2, 0) is 4.79 Å². The maximum Gasteiger partial charge on any atom is 0.255 e. The van der Waals surface area contributed by atoms with Gasteiger partial charge in [-0.1, -0.05) is 0 Å². The van der Waals surface area contributed by atoms with Crippen LogP contribution in [0, 0.1) is 0 Å². The van der Waals surface area contributed by atoms with Crippen molar-refractivity contribution in [2.24, 2.45) is 0 Å². The van der Waals surface area contributed by atoms with Crippen LogP contribution in [0.15, 0.2) is 36.8 Å². The van der Waals surface area contributed by atoms with Crippen LogP contribution < -0.4 is 20.7 Å². The molecule has 1 saturated carbocycles. The molecule has 9 nitrogen and oxygen atoms in total. The average Bonchev–Trinajstić information content (AvgIpc) is 3.24. The Morgan fingerprint density at radius 2 is 1.85 bits per heavy atom. The molecule has 0 spiro atoms. The predicted octanol–water partition coefficient (Wildman–Crippen LogP) is 3.40. The first-order valence-corrected chi connectivity index (χ1v) is 11.7. The minimum absolute atomic E-state index is 0.00765. The van der Waals surface area contributed by atoms with Crippen molar-refractivity contribution in [2.75, 3.05) is 12.4 Å². The van der Waals surface area contributed by atoms with E-state index in [1.807, 2.05) is 38.2 Å². The van der Waals surface area contributed by atoms with E-state index in [0.717, 1.165) is 48.0 Å². The van der Waals surface area contributed by atoms with E-state index < -0.39 is 0 Å². The molecule has 3 aromatic rings. The largest absolute Gasteiger partial charge is 0.481 e. The van der Waals surface area contributed by atoms with Crippen molar-refractivity contribution in [1.29, 1.82) is 0 Å². The second-order valence-corrected chi connectivity index (χ2v) is 9.07. The first-order valence-electron chi connectivity index (χ1n) is 11.7. The van der Waals surface area contributed by atoms with Gasteiger partial charge in [0.1, 0.15) is 0 Å². The molecule has 0 unspecified atom stereocenters. The molecule has 4 rings (SSSR count). The molecule has 1 aliphatic carbocycles. The fourth-order valence-electron chi connectivity index (χ4n) is 4.52. The van der Waals surface area contributed by atoms with Gasteiger partial charge in [0.15, 0.2) is 0 Å². The Labute approximate surface area is 199 Å². The van der Waals surface area contributed by atoms with E-state index in [2.05, 4.69) is 26.0 Å². The lowest BCUT2D eigenvalue weighted by Gasteiger charge is -2.29. The molecule has 0 aromatic carbocycles. The molecule has 180 valence electrons. The Morgan fingerprint density at radius 3 is 2.50 bits per heavy atom. The number of methoxy groups -OCH3 is 1. The SMILES string of the molecule is COc1ncccc1-c1cc2c(NC(C)C)c(C(=O)N[C@H]3CC[C@H](NC(C)=O)CC3)cnn2c1. The van der Waals surface area contributed by atoms with Crippen LogP contribution in [-0.4, -0.2) is 51.6 Å².